The van der Waals surface area contributed by atoms with Crippen LogP contribution in [0.25, 0.3) is 0 Å². The molecule has 1 aromatic rings. The van der Waals surface area contributed by atoms with E-state index in [9.17, 15) is 13.8 Å². The maximum Gasteiger partial charge on any atom is 0.279 e. The second-order valence-corrected chi connectivity index (χ2v) is 9.68. The van der Waals surface area contributed by atoms with Crippen LogP contribution in [0.15, 0.2) is 20.9 Å². The Labute approximate surface area is 159 Å². The first-order valence-electron chi connectivity index (χ1n) is 9.04. The Hall–Kier alpha value is -1.71. The molecule has 0 atom stereocenters. The number of carbonyl (C=O) groups is 2. The van der Waals surface area contributed by atoms with Gasteiger partial charge >= 0.3 is 0 Å². The zero-order valence-electron chi connectivity index (χ0n) is 15.8. The first-order chi connectivity index (χ1) is 12.8. The van der Waals surface area contributed by atoms with Crippen molar-refractivity contribution in [1.29, 1.82) is 0 Å². The third-order valence-electron chi connectivity index (χ3n) is 5.01. The van der Waals surface area contributed by atoms with E-state index in [1.54, 1.807) is 4.90 Å². The van der Waals surface area contributed by atoms with Crippen LogP contribution in [0.5, 0.6) is 0 Å². The van der Waals surface area contributed by atoms with E-state index in [2.05, 4.69) is 4.36 Å². The van der Waals surface area contributed by atoms with E-state index in [0.29, 0.717) is 49.8 Å². The van der Waals surface area contributed by atoms with Crippen molar-refractivity contribution in [1.82, 2.24) is 4.90 Å². The summed E-state index contributed by atoms with van der Waals surface area (Å²) in [6.07, 6.45) is 1.25. The third kappa shape index (κ3) is 4.97. The Bertz CT molecular complexity index is 810. The lowest BCUT2D eigenvalue weighted by Gasteiger charge is -2.45. The van der Waals surface area contributed by atoms with Gasteiger partial charge in [0.05, 0.1) is 28.4 Å². The SMILES string of the molecule is COCC(=O)N=S1(=O)CCC2(CC1)CN(C(=O)Cc1ccc(C)o1)CCO2. The number of morpholine rings is 1. The molecule has 0 aliphatic carbocycles. The van der Waals surface area contributed by atoms with Crippen molar-refractivity contribution < 1.29 is 27.7 Å². The van der Waals surface area contributed by atoms with E-state index in [4.69, 9.17) is 13.9 Å². The lowest BCUT2D eigenvalue weighted by molar-refractivity contribution is -0.151. The summed E-state index contributed by atoms with van der Waals surface area (Å²) in [5.41, 5.74) is -0.506. The molecule has 2 aliphatic rings. The Kier molecular flexibility index (Phi) is 6.02. The largest absolute Gasteiger partial charge is 0.466 e. The summed E-state index contributed by atoms with van der Waals surface area (Å²) in [7, 11) is -1.17. The van der Waals surface area contributed by atoms with Crippen LogP contribution >= 0.6 is 0 Å². The molecular weight excluding hydrogens is 372 g/mol. The molecule has 0 radical (unpaired) electrons. The van der Waals surface area contributed by atoms with Crippen molar-refractivity contribution in [3.05, 3.63) is 23.7 Å². The van der Waals surface area contributed by atoms with Crippen molar-refractivity contribution in [2.45, 2.75) is 31.8 Å². The van der Waals surface area contributed by atoms with E-state index in [1.165, 1.54) is 7.11 Å². The average Bonchev–Trinajstić information content (AvgIpc) is 3.03. The van der Waals surface area contributed by atoms with Crippen molar-refractivity contribution in [3.63, 3.8) is 0 Å². The molecule has 2 amide bonds. The monoisotopic (exact) mass is 398 g/mol. The molecule has 2 saturated heterocycles. The Morgan fingerprint density at radius 3 is 2.70 bits per heavy atom. The molecule has 0 N–H and O–H groups in total. The Morgan fingerprint density at radius 2 is 2.07 bits per heavy atom. The highest BCUT2D eigenvalue weighted by molar-refractivity contribution is 7.93. The van der Waals surface area contributed by atoms with Gasteiger partial charge in [0, 0.05) is 31.7 Å². The van der Waals surface area contributed by atoms with Crippen molar-refractivity contribution >= 4 is 21.5 Å². The Morgan fingerprint density at radius 1 is 1.33 bits per heavy atom. The quantitative estimate of drug-likeness (QED) is 0.755. The number of aryl methyl sites for hydroxylation is 1. The average molecular weight is 398 g/mol. The number of hydrogen-bond acceptors (Lipinski definition) is 6. The highest BCUT2D eigenvalue weighted by Gasteiger charge is 2.42. The second-order valence-electron chi connectivity index (χ2n) is 7.13. The van der Waals surface area contributed by atoms with E-state index in [-0.39, 0.29) is 18.9 Å². The highest BCUT2D eigenvalue weighted by atomic mass is 32.2. The van der Waals surface area contributed by atoms with Gasteiger partial charge in [-0.1, -0.05) is 0 Å². The number of amides is 2. The fraction of sp³-hybridized carbons (Fsp3) is 0.667. The van der Waals surface area contributed by atoms with E-state index < -0.39 is 21.2 Å². The summed E-state index contributed by atoms with van der Waals surface area (Å²) < 4.78 is 32.9. The minimum atomic E-state index is -2.57. The molecule has 3 heterocycles. The second kappa shape index (κ2) is 8.12. The molecule has 2 aliphatic heterocycles. The van der Waals surface area contributed by atoms with Gasteiger partial charge in [-0.3, -0.25) is 9.59 Å². The van der Waals surface area contributed by atoms with Crippen LogP contribution in [0.3, 0.4) is 0 Å². The molecule has 3 rings (SSSR count). The highest BCUT2D eigenvalue weighted by Crippen LogP contribution is 2.32. The lowest BCUT2D eigenvalue weighted by atomic mass is 9.94. The minimum Gasteiger partial charge on any atom is -0.466 e. The zero-order chi connectivity index (χ0) is 19.5. The molecule has 8 nitrogen and oxygen atoms in total. The first kappa shape index (κ1) is 20.0. The molecule has 2 fully saturated rings. The zero-order valence-corrected chi connectivity index (χ0v) is 16.6. The fourth-order valence-corrected chi connectivity index (χ4v) is 5.74. The molecule has 1 aromatic heterocycles. The number of nitrogens with zero attached hydrogens (tertiary/aromatic N) is 2. The van der Waals surface area contributed by atoms with E-state index in [0.717, 1.165) is 5.76 Å². The molecule has 9 heteroatoms. The van der Waals surface area contributed by atoms with Crippen LogP contribution in [0.2, 0.25) is 0 Å². The molecular formula is C18H26N2O6S. The summed E-state index contributed by atoms with van der Waals surface area (Å²) in [5.74, 6) is 1.53. The van der Waals surface area contributed by atoms with Crippen LogP contribution < -0.4 is 0 Å². The van der Waals surface area contributed by atoms with Gasteiger partial charge in [0.15, 0.2) is 0 Å². The summed E-state index contributed by atoms with van der Waals surface area (Å²) in [5, 5.41) is 0. The van der Waals surface area contributed by atoms with Gasteiger partial charge < -0.3 is 18.8 Å². The predicted octanol–water partition coefficient (Wildman–Crippen LogP) is 1.16. The molecule has 0 unspecified atom stereocenters. The maximum atomic E-state index is 12.8. The van der Waals surface area contributed by atoms with Crippen molar-refractivity contribution in [2.75, 3.05) is 44.9 Å². The van der Waals surface area contributed by atoms with Crippen LogP contribution in [0, 0.1) is 6.92 Å². The molecule has 1 spiro atoms. The van der Waals surface area contributed by atoms with Crippen LogP contribution in [0.1, 0.15) is 24.4 Å². The summed E-state index contributed by atoms with van der Waals surface area (Å²) in [6, 6.07) is 3.66. The van der Waals surface area contributed by atoms with Gasteiger partial charge in [0.1, 0.15) is 18.1 Å². The normalized spacial score (nSPS) is 28.3. The predicted molar refractivity (Wildman–Crippen MR) is 98.8 cm³/mol. The molecule has 0 bridgehead atoms. The summed E-state index contributed by atoms with van der Waals surface area (Å²) in [4.78, 5) is 26.1. The Balaban J connectivity index is 1.62. The van der Waals surface area contributed by atoms with Gasteiger partial charge in [0.2, 0.25) is 5.91 Å². The molecule has 0 aromatic carbocycles. The molecule has 27 heavy (non-hydrogen) atoms. The number of carbonyl (C=O) groups excluding carboxylic acids is 2. The van der Waals surface area contributed by atoms with Crippen LogP contribution in [-0.4, -0.2) is 71.4 Å². The van der Waals surface area contributed by atoms with E-state index in [1.807, 2.05) is 19.1 Å². The van der Waals surface area contributed by atoms with Gasteiger partial charge in [0.25, 0.3) is 5.91 Å². The number of rotatable bonds is 4. The molecule has 150 valence electrons. The minimum absolute atomic E-state index is 0.00158. The molecule has 0 saturated carbocycles. The smallest absolute Gasteiger partial charge is 0.279 e. The third-order valence-corrected chi connectivity index (χ3v) is 7.23. The first-order valence-corrected chi connectivity index (χ1v) is 10.9. The summed E-state index contributed by atoms with van der Waals surface area (Å²) in [6.45, 7) is 3.14. The van der Waals surface area contributed by atoms with Gasteiger partial charge in [-0.05, 0) is 31.9 Å². The number of ether oxygens (including phenoxy) is 2. The summed E-state index contributed by atoms with van der Waals surface area (Å²) >= 11 is 0. The standard InChI is InChI=1S/C18H26N2O6S/c1-14-3-4-15(26-14)11-17(22)20-7-8-25-18(13-20)5-9-27(23,10-6-18)19-16(21)12-24-2/h3-4H,5-13H2,1-2H3. The van der Waals surface area contributed by atoms with Crippen LogP contribution in [-0.2, 0) is 35.2 Å². The van der Waals surface area contributed by atoms with Crippen molar-refractivity contribution in [2.24, 2.45) is 4.36 Å². The fourth-order valence-electron chi connectivity index (χ4n) is 3.55. The van der Waals surface area contributed by atoms with Crippen LogP contribution in [0.4, 0.5) is 0 Å². The van der Waals surface area contributed by atoms with Gasteiger partial charge in [-0.25, -0.2) is 4.21 Å². The lowest BCUT2D eigenvalue weighted by Crippen LogP contribution is -2.56. The van der Waals surface area contributed by atoms with Gasteiger partial charge in [-0.15, -0.1) is 0 Å². The van der Waals surface area contributed by atoms with E-state index >= 15 is 0 Å². The topological polar surface area (TPSA) is 98.4 Å². The number of furan rings is 1. The van der Waals surface area contributed by atoms with Gasteiger partial charge in [-0.2, -0.15) is 4.36 Å². The van der Waals surface area contributed by atoms with Crippen molar-refractivity contribution in [3.8, 4) is 0 Å². The number of hydrogen-bond donors (Lipinski definition) is 0. The number of methoxy groups -OCH3 is 1. The maximum absolute atomic E-state index is 12.8.